The molecule has 6 rings (SSSR count). The molecule has 6 aromatic rings. The molecule has 0 amide bonds. The Bertz CT molecular complexity index is 1720. The normalized spacial score (nSPS) is 11.4. The Kier molecular flexibility index (Phi) is 4.88. The van der Waals surface area contributed by atoms with E-state index < -0.39 is 5.95 Å². The second-order valence-corrected chi connectivity index (χ2v) is 7.97. The molecule has 170 valence electrons. The van der Waals surface area contributed by atoms with Crippen molar-refractivity contribution in [3.8, 4) is 22.6 Å². The number of pyridine rings is 2. The van der Waals surface area contributed by atoms with E-state index in [0.717, 1.165) is 23.0 Å². The highest BCUT2D eigenvalue weighted by Gasteiger charge is 2.18. The van der Waals surface area contributed by atoms with E-state index in [-0.39, 0.29) is 23.6 Å². The monoisotopic (exact) mass is 466 g/mol. The van der Waals surface area contributed by atoms with Crippen LogP contribution in [0.15, 0.2) is 85.3 Å². The number of carbonyl (C=O) groups excluding carboxylic acids is 1. The highest BCUT2D eigenvalue weighted by Crippen LogP contribution is 2.32. The van der Waals surface area contributed by atoms with E-state index in [9.17, 15) is 13.6 Å². The van der Waals surface area contributed by atoms with Crippen molar-refractivity contribution in [3.05, 3.63) is 108 Å². The van der Waals surface area contributed by atoms with Crippen molar-refractivity contribution in [2.75, 3.05) is 0 Å². The molecule has 0 aliphatic heterocycles. The van der Waals surface area contributed by atoms with Crippen LogP contribution in [-0.2, 0) is 6.42 Å². The fourth-order valence-corrected chi connectivity index (χ4v) is 4.03. The Hall–Kier alpha value is -4.79. The van der Waals surface area contributed by atoms with E-state index in [2.05, 4.69) is 9.97 Å². The quantitative estimate of drug-likeness (QED) is 0.269. The van der Waals surface area contributed by atoms with E-state index in [0.29, 0.717) is 22.7 Å². The van der Waals surface area contributed by atoms with Gasteiger partial charge in [0.25, 0.3) is 0 Å². The summed E-state index contributed by atoms with van der Waals surface area (Å²) in [4.78, 5) is 25.3. The van der Waals surface area contributed by atoms with Crippen LogP contribution in [0.25, 0.3) is 33.9 Å². The van der Waals surface area contributed by atoms with Gasteiger partial charge in [-0.15, -0.1) is 0 Å². The van der Waals surface area contributed by atoms with Crippen LogP contribution in [0.5, 0.6) is 0 Å². The molecule has 0 atom stereocenters. The first-order chi connectivity index (χ1) is 17.0. The Labute approximate surface area is 197 Å². The number of halogens is 2. The number of aromatic nitrogens is 6. The van der Waals surface area contributed by atoms with Gasteiger partial charge < -0.3 is 0 Å². The standard InChI is InChI=1S/C26H16F2N6O/c27-18-6-4-16(5-7-18)25-26(33-12-2-1-3-23(33)31-25)20-8-9-24-30-19(15-34(24)32-20)14-21(35)17-10-11-29-22(28)13-17/h1-13,15H,14H2. The Balaban J connectivity index is 1.41. The molecule has 5 aromatic heterocycles. The van der Waals surface area contributed by atoms with E-state index >= 15 is 0 Å². The highest BCUT2D eigenvalue weighted by atomic mass is 19.1. The zero-order chi connectivity index (χ0) is 23.9. The number of nitrogens with zero attached hydrogens (tertiary/aromatic N) is 6. The van der Waals surface area contributed by atoms with Crippen LogP contribution in [0, 0.1) is 11.8 Å². The molecule has 9 heteroatoms. The third-order valence-corrected chi connectivity index (χ3v) is 5.65. The third-order valence-electron chi connectivity index (χ3n) is 5.65. The van der Waals surface area contributed by atoms with Gasteiger partial charge in [0.05, 0.1) is 24.0 Å². The van der Waals surface area contributed by atoms with Crippen LogP contribution in [0.2, 0.25) is 0 Å². The van der Waals surface area contributed by atoms with Crippen molar-refractivity contribution in [1.29, 1.82) is 0 Å². The molecule has 7 nitrogen and oxygen atoms in total. The zero-order valence-electron chi connectivity index (χ0n) is 18.1. The average molecular weight is 466 g/mol. The molecule has 1 aromatic carbocycles. The van der Waals surface area contributed by atoms with Gasteiger partial charge in [0.2, 0.25) is 5.95 Å². The van der Waals surface area contributed by atoms with E-state index in [1.54, 1.807) is 28.9 Å². The van der Waals surface area contributed by atoms with Crippen LogP contribution < -0.4 is 0 Å². The maximum Gasteiger partial charge on any atom is 0.213 e. The summed E-state index contributed by atoms with van der Waals surface area (Å²) in [6.45, 7) is 0. The van der Waals surface area contributed by atoms with Crippen LogP contribution in [-0.4, -0.2) is 34.7 Å². The van der Waals surface area contributed by atoms with Crippen molar-refractivity contribution in [3.63, 3.8) is 0 Å². The SMILES string of the molecule is O=C(Cc1cn2nc(-c3c(-c4ccc(F)cc4)nc4ccccn34)ccc2n1)c1ccnc(F)c1. The number of ketones is 1. The van der Waals surface area contributed by atoms with Crippen molar-refractivity contribution in [2.24, 2.45) is 0 Å². The van der Waals surface area contributed by atoms with Gasteiger partial charge in [-0.25, -0.2) is 23.9 Å². The fourth-order valence-electron chi connectivity index (χ4n) is 4.03. The van der Waals surface area contributed by atoms with Gasteiger partial charge in [-0.3, -0.25) is 9.20 Å². The van der Waals surface area contributed by atoms with Gasteiger partial charge in [0, 0.05) is 29.6 Å². The molecule has 0 bridgehead atoms. The first kappa shape index (κ1) is 20.8. The number of carbonyl (C=O) groups is 1. The summed E-state index contributed by atoms with van der Waals surface area (Å²) >= 11 is 0. The topological polar surface area (TPSA) is 77.5 Å². The minimum atomic E-state index is -0.706. The van der Waals surface area contributed by atoms with Gasteiger partial charge in [-0.1, -0.05) is 6.07 Å². The van der Waals surface area contributed by atoms with Gasteiger partial charge in [0.1, 0.15) is 22.9 Å². The number of hydrogen-bond acceptors (Lipinski definition) is 5. The van der Waals surface area contributed by atoms with E-state index in [1.807, 2.05) is 34.9 Å². The number of rotatable bonds is 5. The van der Waals surface area contributed by atoms with E-state index in [1.165, 1.54) is 24.4 Å². The molecule has 0 saturated heterocycles. The molecule has 0 spiro atoms. The van der Waals surface area contributed by atoms with Crippen LogP contribution in [0.4, 0.5) is 8.78 Å². The second-order valence-electron chi connectivity index (χ2n) is 7.97. The summed E-state index contributed by atoms with van der Waals surface area (Å²) < 4.78 is 30.4. The maximum atomic E-state index is 13.5. The lowest BCUT2D eigenvalue weighted by molar-refractivity contribution is 0.0991. The zero-order valence-corrected chi connectivity index (χ0v) is 18.1. The van der Waals surface area contributed by atoms with Crippen LogP contribution in [0.3, 0.4) is 0 Å². The Morgan fingerprint density at radius 1 is 0.914 bits per heavy atom. The highest BCUT2D eigenvalue weighted by molar-refractivity contribution is 5.97. The molecule has 0 N–H and O–H groups in total. The minimum absolute atomic E-state index is 0.00140. The molecule has 0 aliphatic rings. The molecule has 35 heavy (non-hydrogen) atoms. The molecule has 0 saturated carbocycles. The third kappa shape index (κ3) is 3.82. The summed E-state index contributed by atoms with van der Waals surface area (Å²) in [6.07, 6.45) is 4.82. The lowest BCUT2D eigenvalue weighted by atomic mass is 10.1. The number of hydrogen-bond donors (Lipinski definition) is 0. The number of benzene rings is 1. The summed E-state index contributed by atoms with van der Waals surface area (Å²) in [7, 11) is 0. The second kappa shape index (κ2) is 8.21. The molecular formula is C26H16F2N6O. The van der Waals surface area contributed by atoms with Crippen molar-refractivity contribution in [1.82, 2.24) is 29.0 Å². The first-order valence-corrected chi connectivity index (χ1v) is 10.8. The van der Waals surface area contributed by atoms with Crippen molar-refractivity contribution >= 4 is 17.1 Å². The van der Waals surface area contributed by atoms with Gasteiger partial charge in [0.15, 0.2) is 11.4 Å². The molecular weight excluding hydrogens is 450 g/mol. The Morgan fingerprint density at radius 3 is 2.60 bits per heavy atom. The summed E-state index contributed by atoms with van der Waals surface area (Å²) in [5.41, 5.74) is 4.83. The smallest absolute Gasteiger partial charge is 0.213 e. The predicted molar refractivity (Wildman–Crippen MR) is 125 cm³/mol. The minimum Gasteiger partial charge on any atom is -0.298 e. The summed E-state index contributed by atoms with van der Waals surface area (Å²) in [5.74, 6) is -1.30. The van der Waals surface area contributed by atoms with Crippen LogP contribution >= 0.6 is 0 Å². The first-order valence-electron chi connectivity index (χ1n) is 10.8. The molecule has 5 heterocycles. The Morgan fingerprint density at radius 2 is 1.77 bits per heavy atom. The summed E-state index contributed by atoms with van der Waals surface area (Å²) in [6, 6.07) is 18.0. The van der Waals surface area contributed by atoms with Crippen molar-refractivity contribution < 1.29 is 13.6 Å². The van der Waals surface area contributed by atoms with Crippen LogP contribution in [0.1, 0.15) is 16.1 Å². The van der Waals surface area contributed by atoms with Crippen molar-refractivity contribution in [2.45, 2.75) is 6.42 Å². The summed E-state index contributed by atoms with van der Waals surface area (Å²) in [5, 5.41) is 4.72. The van der Waals surface area contributed by atoms with Gasteiger partial charge in [-0.05, 0) is 54.6 Å². The molecule has 0 radical (unpaired) electrons. The average Bonchev–Trinajstić information content (AvgIpc) is 3.44. The molecule has 0 fully saturated rings. The number of fused-ring (bicyclic) bond motifs is 2. The van der Waals surface area contributed by atoms with E-state index in [4.69, 9.17) is 10.1 Å². The number of Topliss-reactive ketones (excluding diaryl/α,β-unsaturated/α-hetero) is 1. The fraction of sp³-hybridized carbons (Fsp3) is 0.0385. The maximum absolute atomic E-state index is 13.5. The van der Waals surface area contributed by atoms with Gasteiger partial charge in [-0.2, -0.15) is 9.49 Å². The molecule has 0 aliphatic carbocycles. The predicted octanol–water partition coefficient (Wildman–Crippen LogP) is 4.81. The molecule has 0 unspecified atom stereocenters. The lowest BCUT2D eigenvalue weighted by Crippen LogP contribution is -2.04. The number of imidazole rings is 2. The van der Waals surface area contributed by atoms with Gasteiger partial charge >= 0.3 is 0 Å². The largest absolute Gasteiger partial charge is 0.298 e. The lowest BCUT2D eigenvalue weighted by Gasteiger charge is -2.05.